The van der Waals surface area contributed by atoms with Crippen molar-refractivity contribution < 1.29 is 27.2 Å². The topological polar surface area (TPSA) is 50.5 Å². The zero-order valence-corrected chi connectivity index (χ0v) is 18.3. The molecule has 1 aliphatic rings. The monoisotopic (exact) mass is 497 g/mol. The normalized spacial score (nSPS) is 15.8. The van der Waals surface area contributed by atoms with Crippen molar-refractivity contribution in [3.63, 3.8) is 0 Å². The molecule has 1 aromatic heterocycles. The van der Waals surface area contributed by atoms with E-state index in [1.165, 1.54) is 36.4 Å². The molecular formula is C22H12Cl2F3NO3S. The zero-order valence-electron chi connectivity index (χ0n) is 16.0. The molecule has 0 aliphatic carbocycles. The van der Waals surface area contributed by atoms with Gasteiger partial charge in [0.2, 0.25) is 0 Å². The van der Waals surface area contributed by atoms with Crippen molar-refractivity contribution in [2.45, 2.75) is 12.7 Å². The molecule has 0 spiro atoms. The molecule has 2 heterocycles. The van der Waals surface area contributed by atoms with E-state index in [0.717, 1.165) is 28.8 Å². The summed E-state index contributed by atoms with van der Waals surface area (Å²) in [5, 5.41) is 0.288. The summed E-state index contributed by atoms with van der Waals surface area (Å²) in [6.45, 7) is -0.0222. The Bertz CT molecular complexity index is 1250. The number of nitrogens with zero attached hydrogens (tertiary/aromatic N) is 1. The molecule has 0 N–H and O–H groups in total. The summed E-state index contributed by atoms with van der Waals surface area (Å²) in [5.41, 5.74) is 0.00402. The van der Waals surface area contributed by atoms with E-state index in [2.05, 4.69) is 0 Å². The van der Waals surface area contributed by atoms with Gasteiger partial charge in [0.1, 0.15) is 11.5 Å². The summed E-state index contributed by atoms with van der Waals surface area (Å²) < 4.78 is 44.4. The summed E-state index contributed by atoms with van der Waals surface area (Å²) in [6, 6.07) is 12.5. The Morgan fingerprint density at radius 3 is 2.53 bits per heavy atom. The van der Waals surface area contributed by atoms with E-state index in [0.29, 0.717) is 15.6 Å². The lowest BCUT2D eigenvalue weighted by atomic mass is 10.1. The number of hydrogen-bond acceptors (Lipinski definition) is 4. The van der Waals surface area contributed by atoms with Crippen LogP contribution in [0, 0.1) is 0 Å². The van der Waals surface area contributed by atoms with Gasteiger partial charge in [0.05, 0.1) is 17.0 Å². The van der Waals surface area contributed by atoms with Gasteiger partial charge in [-0.25, -0.2) is 0 Å². The van der Waals surface area contributed by atoms with Gasteiger partial charge in [-0.1, -0.05) is 41.4 Å². The molecule has 1 saturated heterocycles. The van der Waals surface area contributed by atoms with E-state index in [1.807, 2.05) is 0 Å². The van der Waals surface area contributed by atoms with E-state index in [1.54, 1.807) is 12.1 Å². The van der Waals surface area contributed by atoms with Gasteiger partial charge >= 0.3 is 6.18 Å². The van der Waals surface area contributed by atoms with Gasteiger partial charge in [-0.05, 0) is 53.7 Å². The van der Waals surface area contributed by atoms with E-state index >= 15 is 0 Å². The molecule has 4 nitrogen and oxygen atoms in total. The highest BCUT2D eigenvalue weighted by atomic mass is 35.5. The molecule has 10 heteroatoms. The highest BCUT2D eigenvalue weighted by molar-refractivity contribution is 8.18. The molecule has 2 amide bonds. The number of alkyl halides is 3. The number of halogens is 5. The van der Waals surface area contributed by atoms with Gasteiger partial charge in [0.15, 0.2) is 0 Å². The molecule has 0 radical (unpaired) electrons. The second-order valence-electron chi connectivity index (χ2n) is 6.78. The number of imide groups is 1. The molecule has 2 aromatic carbocycles. The second-order valence-corrected chi connectivity index (χ2v) is 8.62. The summed E-state index contributed by atoms with van der Waals surface area (Å²) >= 11 is 12.7. The number of benzene rings is 2. The first-order chi connectivity index (χ1) is 15.1. The number of carbonyl (C=O) groups excluding carboxylic acids is 2. The van der Waals surface area contributed by atoms with E-state index < -0.39 is 22.9 Å². The third-order valence-corrected chi connectivity index (χ3v) is 6.09. The van der Waals surface area contributed by atoms with Crippen molar-refractivity contribution in [3.8, 4) is 11.3 Å². The largest absolute Gasteiger partial charge is 0.457 e. The lowest BCUT2D eigenvalue weighted by molar-refractivity contribution is -0.137. The van der Waals surface area contributed by atoms with Crippen molar-refractivity contribution >= 4 is 52.2 Å². The van der Waals surface area contributed by atoms with Gasteiger partial charge < -0.3 is 4.42 Å². The van der Waals surface area contributed by atoms with Crippen LogP contribution in [0.25, 0.3) is 17.4 Å². The number of rotatable bonds is 4. The van der Waals surface area contributed by atoms with Crippen molar-refractivity contribution in [1.29, 1.82) is 0 Å². The van der Waals surface area contributed by atoms with Gasteiger partial charge in [-0.15, -0.1) is 0 Å². The molecular weight excluding hydrogens is 486 g/mol. The SMILES string of the molecule is O=C1S/C(=C\c2ccc(-c3cccc(C(F)(F)F)c3)o2)C(=O)N1Cc1ccc(Cl)cc1Cl. The highest BCUT2D eigenvalue weighted by Gasteiger charge is 2.35. The lowest BCUT2D eigenvalue weighted by Crippen LogP contribution is -2.27. The fraction of sp³-hybridized carbons (Fsp3) is 0.0909. The molecule has 0 unspecified atom stereocenters. The van der Waals surface area contributed by atoms with Crippen LogP contribution in [0.5, 0.6) is 0 Å². The number of amides is 2. The maximum Gasteiger partial charge on any atom is 0.416 e. The fourth-order valence-electron chi connectivity index (χ4n) is 3.02. The van der Waals surface area contributed by atoms with Crippen LogP contribution in [0.2, 0.25) is 10.0 Å². The average molecular weight is 498 g/mol. The maximum atomic E-state index is 12.9. The van der Waals surface area contributed by atoms with E-state index in [9.17, 15) is 22.8 Å². The Morgan fingerprint density at radius 1 is 1.03 bits per heavy atom. The Kier molecular flexibility index (Phi) is 6.11. The Hall–Kier alpha value is -2.68. The van der Waals surface area contributed by atoms with Gasteiger partial charge in [-0.2, -0.15) is 13.2 Å². The van der Waals surface area contributed by atoms with Gasteiger partial charge in [-0.3, -0.25) is 14.5 Å². The van der Waals surface area contributed by atoms with Crippen LogP contribution in [-0.2, 0) is 17.5 Å². The maximum absolute atomic E-state index is 12.9. The molecule has 3 aromatic rings. The molecule has 164 valence electrons. The smallest absolute Gasteiger partial charge is 0.416 e. The third kappa shape index (κ3) is 4.72. The molecule has 0 bridgehead atoms. The van der Waals surface area contributed by atoms with Crippen LogP contribution in [0.15, 0.2) is 63.9 Å². The molecule has 1 fully saturated rings. The average Bonchev–Trinajstić information content (AvgIpc) is 3.29. The fourth-order valence-corrected chi connectivity index (χ4v) is 4.31. The van der Waals surface area contributed by atoms with E-state index in [4.69, 9.17) is 27.6 Å². The second kappa shape index (κ2) is 8.69. The summed E-state index contributed by atoms with van der Waals surface area (Å²) in [4.78, 5) is 26.2. The summed E-state index contributed by atoms with van der Waals surface area (Å²) in [6.07, 6.45) is -3.09. The molecule has 0 atom stereocenters. The van der Waals surface area contributed by atoms with Crippen LogP contribution in [0.1, 0.15) is 16.9 Å². The predicted molar refractivity (Wildman–Crippen MR) is 117 cm³/mol. The van der Waals surface area contributed by atoms with Gasteiger partial charge in [0, 0.05) is 21.7 Å². The standard InChI is InChI=1S/C22H12Cl2F3NO3S/c23-15-5-4-13(17(24)9-15)11-28-20(29)19(32-21(28)30)10-16-6-7-18(31-16)12-2-1-3-14(8-12)22(25,26)27/h1-10H,11H2/b19-10-. The zero-order chi connectivity index (χ0) is 23.0. The summed E-state index contributed by atoms with van der Waals surface area (Å²) in [5.74, 6) is -0.0926. The Balaban J connectivity index is 1.55. The summed E-state index contributed by atoms with van der Waals surface area (Å²) in [7, 11) is 0. The predicted octanol–water partition coefficient (Wildman–Crippen LogP) is 7.51. The van der Waals surface area contributed by atoms with Crippen LogP contribution in [0.4, 0.5) is 18.0 Å². The minimum atomic E-state index is -4.48. The van der Waals surface area contributed by atoms with Crippen LogP contribution < -0.4 is 0 Å². The first kappa shape index (κ1) is 22.5. The quantitative estimate of drug-likeness (QED) is 0.350. The number of thioether (sulfide) groups is 1. The van der Waals surface area contributed by atoms with Gasteiger partial charge in [0.25, 0.3) is 11.1 Å². The first-order valence-electron chi connectivity index (χ1n) is 9.08. The van der Waals surface area contributed by atoms with Crippen molar-refractivity contribution in [2.75, 3.05) is 0 Å². The van der Waals surface area contributed by atoms with Crippen LogP contribution in [0.3, 0.4) is 0 Å². The number of carbonyl (C=O) groups is 2. The number of hydrogen-bond donors (Lipinski definition) is 0. The number of furan rings is 1. The first-order valence-corrected chi connectivity index (χ1v) is 10.7. The molecule has 4 rings (SSSR count). The minimum absolute atomic E-state index is 0.0222. The third-order valence-electron chi connectivity index (χ3n) is 4.59. The van der Waals surface area contributed by atoms with Crippen LogP contribution in [-0.4, -0.2) is 16.0 Å². The molecule has 1 aliphatic heterocycles. The van der Waals surface area contributed by atoms with Crippen molar-refractivity contribution in [2.24, 2.45) is 0 Å². The molecule has 0 saturated carbocycles. The highest BCUT2D eigenvalue weighted by Crippen LogP contribution is 2.36. The van der Waals surface area contributed by atoms with E-state index in [-0.39, 0.29) is 28.5 Å². The minimum Gasteiger partial charge on any atom is -0.457 e. The Morgan fingerprint density at radius 2 is 1.81 bits per heavy atom. The van der Waals surface area contributed by atoms with Crippen molar-refractivity contribution in [3.05, 3.63) is 86.4 Å². The van der Waals surface area contributed by atoms with Crippen molar-refractivity contribution in [1.82, 2.24) is 4.90 Å². The lowest BCUT2D eigenvalue weighted by Gasteiger charge is -2.13. The Labute approximate surface area is 194 Å². The van der Waals surface area contributed by atoms with Crippen LogP contribution >= 0.6 is 35.0 Å². The molecule has 32 heavy (non-hydrogen) atoms.